The smallest absolute Gasteiger partial charge is 0.247 e. The molecule has 1 aliphatic heterocycles. The fourth-order valence-electron chi connectivity index (χ4n) is 2.25. The lowest BCUT2D eigenvalue weighted by Crippen LogP contribution is -2.44. The molecule has 19 heavy (non-hydrogen) atoms. The number of pyridine rings is 1. The summed E-state index contributed by atoms with van der Waals surface area (Å²) in [5.74, 6) is 0. The van der Waals surface area contributed by atoms with Gasteiger partial charge in [0, 0.05) is 24.8 Å². The van der Waals surface area contributed by atoms with Gasteiger partial charge in [0.15, 0.2) is 0 Å². The molecule has 1 unspecified atom stereocenters. The highest BCUT2D eigenvalue weighted by molar-refractivity contribution is 7.89. The number of nitrogens with one attached hydrogen (secondary N) is 2. The maximum Gasteiger partial charge on any atom is 0.247 e. The molecule has 1 aromatic heterocycles. The molecule has 0 aromatic carbocycles. The highest BCUT2D eigenvalue weighted by Crippen LogP contribution is 2.15. The van der Waals surface area contributed by atoms with Gasteiger partial charge in [-0.1, -0.05) is 6.42 Å². The maximum atomic E-state index is 12.0. The Morgan fingerprint density at radius 2 is 2.21 bits per heavy atom. The summed E-state index contributed by atoms with van der Waals surface area (Å²) in [7, 11) is -1.53. The van der Waals surface area contributed by atoms with Crippen molar-refractivity contribution in [2.24, 2.45) is 0 Å². The van der Waals surface area contributed by atoms with Crippen molar-refractivity contribution in [2.45, 2.75) is 30.2 Å². The van der Waals surface area contributed by atoms with Crippen LogP contribution in [0.15, 0.2) is 28.0 Å². The zero-order valence-corrected chi connectivity index (χ0v) is 11.7. The lowest BCUT2D eigenvalue weighted by Gasteiger charge is -2.32. The number of hydrogen-bond acceptors (Lipinski definition) is 4. The van der Waals surface area contributed by atoms with Crippen LogP contribution in [0.4, 0.5) is 0 Å². The van der Waals surface area contributed by atoms with Crippen LogP contribution in [0.5, 0.6) is 0 Å². The first-order valence-electron chi connectivity index (χ1n) is 6.38. The van der Waals surface area contributed by atoms with E-state index in [0.717, 1.165) is 19.4 Å². The van der Waals surface area contributed by atoms with E-state index in [1.54, 1.807) is 0 Å². The van der Waals surface area contributed by atoms with Crippen LogP contribution in [0.25, 0.3) is 0 Å². The van der Waals surface area contributed by atoms with Gasteiger partial charge in [-0.15, -0.1) is 0 Å². The van der Waals surface area contributed by atoms with E-state index in [1.807, 2.05) is 7.05 Å². The van der Waals surface area contributed by atoms with Crippen LogP contribution < -0.4 is 10.3 Å². The van der Waals surface area contributed by atoms with Crippen LogP contribution in [0, 0.1) is 0 Å². The molecule has 1 saturated heterocycles. The summed E-state index contributed by atoms with van der Waals surface area (Å²) in [6, 6.07) is 2.76. The number of aromatic amines is 1. The fraction of sp³-hybridized carbons (Fsp3) is 0.583. The molecular weight excluding hydrogens is 266 g/mol. The molecule has 0 bridgehead atoms. The van der Waals surface area contributed by atoms with E-state index in [1.165, 1.54) is 24.8 Å². The van der Waals surface area contributed by atoms with Gasteiger partial charge in [-0.05, 0) is 32.5 Å². The van der Waals surface area contributed by atoms with Crippen LogP contribution in [-0.4, -0.2) is 44.5 Å². The molecule has 1 atom stereocenters. The van der Waals surface area contributed by atoms with Gasteiger partial charge in [0.2, 0.25) is 15.6 Å². The third-order valence-electron chi connectivity index (χ3n) is 3.50. The van der Waals surface area contributed by atoms with E-state index < -0.39 is 10.0 Å². The Kier molecular flexibility index (Phi) is 4.38. The summed E-state index contributed by atoms with van der Waals surface area (Å²) < 4.78 is 26.7. The molecule has 0 aliphatic carbocycles. The minimum Gasteiger partial charge on any atom is -0.328 e. The Hall–Kier alpha value is -1.18. The second kappa shape index (κ2) is 5.85. The van der Waals surface area contributed by atoms with Gasteiger partial charge >= 0.3 is 0 Å². The summed E-state index contributed by atoms with van der Waals surface area (Å²) in [6.45, 7) is 1.41. The lowest BCUT2D eigenvalue weighted by molar-refractivity contribution is 0.187. The average molecular weight is 285 g/mol. The normalized spacial score (nSPS) is 21.4. The van der Waals surface area contributed by atoms with Crippen molar-refractivity contribution in [2.75, 3.05) is 20.1 Å². The van der Waals surface area contributed by atoms with Gasteiger partial charge < -0.3 is 9.88 Å². The van der Waals surface area contributed by atoms with Crippen molar-refractivity contribution in [3.8, 4) is 0 Å². The summed E-state index contributed by atoms with van der Waals surface area (Å²) >= 11 is 0. The van der Waals surface area contributed by atoms with E-state index in [4.69, 9.17) is 0 Å². The Labute approximate surface area is 112 Å². The van der Waals surface area contributed by atoms with Crippen LogP contribution >= 0.6 is 0 Å². The number of H-pyrrole nitrogens is 1. The zero-order chi connectivity index (χ0) is 13.9. The third kappa shape index (κ3) is 3.65. The quantitative estimate of drug-likeness (QED) is 0.824. The fourth-order valence-corrected chi connectivity index (χ4v) is 3.29. The number of nitrogens with zero attached hydrogens (tertiary/aromatic N) is 1. The number of likely N-dealkylation sites (tertiary alicyclic amines) is 1. The summed E-state index contributed by atoms with van der Waals surface area (Å²) in [5.41, 5.74) is -0.314. The first-order valence-corrected chi connectivity index (χ1v) is 7.86. The molecular formula is C12H19N3O3S. The first-order chi connectivity index (χ1) is 8.99. The summed E-state index contributed by atoms with van der Waals surface area (Å²) in [6.07, 6.45) is 4.52. The minimum atomic E-state index is -3.55. The molecule has 1 aliphatic rings. The number of likely N-dealkylation sites (N-methyl/N-ethyl adjacent to an activating group) is 1. The molecule has 0 amide bonds. The van der Waals surface area contributed by atoms with Crippen molar-refractivity contribution in [1.29, 1.82) is 0 Å². The molecule has 1 aromatic rings. The maximum absolute atomic E-state index is 12.0. The van der Waals surface area contributed by atoms with Gasteiger partial charge in [-0.25, -0.2) is 13.1 Å². The highest BCUT2D eigenvalue weighted by atomic mass is 32.2. The van der Waals surface area contributed by atoms with Crippen molar-refractivity contribution < 1.29 is 8.42 Å². The van der Waals surface area contributed by atoms with Crippen molar-refractivity contribution in [3.63, 3.8) is 0 Å². The lowest BCUT2D eigenvalue weighted by atomic mass is 10.0. The predicted molar refractivity (Wildman–Crippen MR) is 72.5 cm³/mol. The van der Waals surface area contributed by atoms with Crippen LogP contribution in [0.1, 0.15) is 19.3 Å². The number of rotatable bonds is 4. The summed E-state index contributed by atoms with van der Waals surface area (Å²) in [5, 5.41) is 0. The van der Waals surface area contributed by atoms with Crippen LogP contribution in [0.2, 0.25) is 0 Å². The second-order valence-corrected chi connectivity index (χ2v) is 6.64. The molecule has 6 nitrogen and oxygen atoms in total. The monoisotopic (exact) mass is 285 g/mol. The summed E-state index contributed by atoms with van der Waals surface area (Å²) in [4.78, 5) is 15.6. The van der Waals surface area contributed by atoms with E-state index >= 15 is 0 Å². The Bertz CT molecular complexity index is 562. The van der Waals surface area contributed by atoms with Crippen LogP contribution in [0.3, 0.4) is 0 Å². The molecule has 2 N–H and O–H groups in total. The second-order valence-electron chi connectivity index (χ2n) is 4.87. The van der Waals surface area contributed by atoms with E-state index in [0.29, 0.717) is 6.54 Å². The van der Waals surface area contributed by atoms with Crippen molar-refractivity contribution >= 4 is 10.0 Å². The largest absolute Gasteiger partial charge is 0.328 e. The topological polar surface area (TPSA) is 82.3 Å². The SMILES string of the molecule is CN1CCCCC1CNS(=O)(=O)c1ccc(=O)[nH]c1. The Morgan fingerprint density at radius 3 is 2.84 bits per heavy atom. The van der Waals surface area contributed by atoms with Gasteiger partial charge in [-0.3, -0.25) is 4.79 Å². The van der Waals surface area contributed by atoms with E-state index in [2.05, 4.69) is 14.6 Å². The van der Waals surface area contributed by atoms with Gasteiger partial charge in [-0.2, -0.15) is 0 Å². The van der Waals surface area contributed by atoms with Crippen molar-refractivity contribution in [1.82, 2.24) is 14.6 Å². The number of piperidine rings is 1. The molecule has 0 spiro atoms. The number of sulfonamides is 1. The highest BCUT2D eigenvalue weighted by Gasteiger charge is 2.22. The Balaban J connectivity index is 2.01. The Morgan fingerprint density at radius 1 is 1.42 bits per heavy atom. The zero-order valence-electron chi connectivity index (χ0n) is 10.9. The van der Waals surface area contributed by atoms with Gasteiger partial charge in [0.25, 0.3) is 0 Å². The molecule has 2 rings (SSSR count). The standard InChI is InChI=1S/C12H19N3O3S/c1-15-7-3-2-4-10(15)8-14-19(17,18)11-5-6-12(16)13-9-11/h5-6,9-10,14H,2-4,7-8H2,1H3,(H,13,16). The van der Waals surface area contributed by atoms with Gasteiger partial charge in [0.05, 0.1) is 4.90 Å². The van der Waals surface area contributed by atoms with E-state index in [9.17, 15) is 13.2 Å². The average Bonchev–Trinajstić information content (AvgIpc) is 2.38. The minimum absolute atomic E-state index is 0.0885. The molecule has 106 valence electrons. The van der Waals surface area contributed by atoms with Crippen molar-refractivity contribution in [3.05, 3.63) is 28.7 Å². The molecule has 0 radical (unpaired) electrons. The molecule has 0 saturated carbocycles. The molecule has 2 heterocycles. The van der Waals surface area contributed by atoms with Crippen LogP contribution in [-0.2, 0) is 10.0 Å². The third-order valence-corrected chi connectivity index (χ3v) is 4.92. The molecule has 1 fully saturated rings. The predicted octanol–water partition coefficient (Wildman–Crippen LogP) is 0.138. The number of aromatic nitrogens is 1. The van der Waals surface area contributed by atoms with E-state index in [-0.39, 0.29) is 16.5 Å². The first kappa shape index (κ1) is 14.2. The van der Waals surface area contributed by atoms with Gasteiger partial charge in [0.1, 0.15) is 0 Å². The number of hydrogen-bond donors (Lipinski definition) is 2. The molecule has 7 heteroatoms.